The van der Waals surface area contributed by atoms with Gasteiger partial charge < -0.3 is 0 Å². The predicted octanol–water partition coefficient (Wildman–Crippen LogP) is 4.71. The van der Waals surface area contributed by atoms with Gasteiger partial charge in [0.05, 0.1) is 0 Å². The fourth-order valence-corrected chi connectivity index (χ4v) is 1.93. The smallest absolute Gasteiger partial charge is 0.150 e. The number of unbranched alkanes of at least 4 members (excludes halogenated alkanes) is 2. The largest absolute Gasteiger partial charge is 0.298 e. The molecule has 1 heteroatoms. The van der Waals surface area contributed by atoms with Crippen molar-refractivity contribution in [2.75, 3.05) is 0 Å². The van der Waals surface area contributed by atoms with Gasteiger partial charge in [-0.3, -0.25) is 4.79 Å². The van der Waals surface area contributed by atoms with Crippen molar-refractivity contribution < 1.29 is 4.79 Å². The molecule has 0 heterocycles. The molecule has 0 fully saturated rings. The average molecular weight is 262 g/mol. The van der Waals surface area contributed by atoms with Crippen LogP contribution in [-0.4, -0.2) is 6.29 Å². The van der Waals surface area contributed by atoms with E-state index in [0.29, 0.717) is 5.56 Å². The fourth-order valence-electron chi connectivity index (χ4n) is 1.93. The number of aldehydes is 1. The summed E-state index contributed by atoms with van der Waals surface area (Å²) in [5, 5.41) is 0. The minimum atomic E-state index is 0.701. The topological polar surface area (TPSA) is 17.1 Å². The number of hydrogen-bond donors (Lipinski definition) is 0. The molecule has 0 saturated carbocycles. The molecule has 0 aliphatic rings. The first-order chi connectivity index (χ1) is 9.83. The van der Waals surface area contributed by atoms with Crippen LogP contribution >= 0.6 is 0 Å². The molecule has 0 atom stereocenters. The van der Waals surface area contributed by atoms with Crippen LogP contribution in [-0.2, 0) is 0 Å². The SMILES string of the molecule is CCCCC#Cc1ccc(-c2ccc(C=O)cc2)cc1. The molecule has 0 unspecified atom stereocenters. The van der Waals surface area contributed by atoms with Gasteiger partial charge in [0.1, 0.15) is 6.29 Å². The van der Waals surface area contributed by atoms with E-state index in [1.807, 2.05) is 36.4 Å². The highest BCUT2D eigenvalue weighted by atomic mass is 16.1. The zero-order chi connectivity index (χ0) is 14.2. The van der Waals surface area contributed by atoms with E-state index in [-0.39, 0.29) is 0 Å². The number of carbonyl (C=O) groups excluding carboxylic acids is 1. The summed E-state index contributed by atoms with van der Waals surface area (Å²) in [6.45, 7) is 2.17. The standard InChI is InChI=1S/C19H18O/c1-2-3-4-5-6-16-7-11-18(12-8-16)19-13-9-17(15-20)10-14-19/h7-15H,2-4H2,1H3. The van der Waals surface area contributed by atoms with Crippen molar-refractivity contribution in [3.05, 3.63) is 59.7 Å². The normalized spacial score (nSPS) is 9.65. The summed E-state index contributed by atoms with van der Waals surface area (Å²) >= 11 is 0. The molecule has 0 bridgehead atoms. The summed E-state index contributed by atoms with van der Waals surface area (Å²) in [6, 6.07) is 15.8. The van der Waals surface area contributed by atoms with E-state index in [9.17, 15) is 4.79 Å². The van der Waals surface area contributed by atoms with E-state index < -0.39 is 0 Å². The molecule has 0 aliphatic carbocycles. The van der Waals surface area contributed by atoms with Gasteiger partial charge >= 0.3 is 0 Å². The summed E-state index contributed by atoms with van der Waals surface area (Å²) in [7, 11) is 0. The van der Waals surface area contributed by atoms with Gasteiger partial charge in [-0.1, -0.05) is 61.6 Å². The monoisotopic (exact) mass is 262 g/mol. The molecule has 20 heavy (non-hydrogen) atoms. The molecular weight excluding hydrogens is 244 g/mol. The predicted molar refractivity (Wildman–Crippen MR) is 83.7 cm³/mol. The molecule has 100 valence electrons. The third-order valence-corrected chi connectivity index (χ3v) is 3.15. The van der Waals surface area contributed by atoms with E-state index in [2.05, 4.69) is 30.9 Å². The lowest BCUT2D eigenvalue weighted by Gasteiger charge is -2.02. The number of carbonyl (C=O) groups is 1. The average Bonchev–Trinajstić information content (AvgIpc) is 2.52. The zero-order valence-corrected chi connectivity index (χ0v) is 11.7. The molecule has 0 spiro atoms. The van der Waals surface area contributed by atoms with Crippen molar-refractivity contribution in [3.63, 3.8) is 0 Å². The highest BCUT2D eigenvalue weighted by Crippen LogP contribution is 2.19. The molecule has 0 amide bonds. The van der Waals surface area contributed by atoms with Crippen LogP contribution in [0.1, 0.15) is 42.1 Å². The molecule has 0 N–H and O–H groups in total. The summed E-state index contributed by atoms with van der Waals surface area (Å²) in [5.74, 6) is 6.37. The van der Waals surface area contributed by atoms with Gasteiger partial charge in [0.2, 0.25) is 0 Å². The first-order valence-electron chi connectivity index (χ1n) is 6.98. The van der Waals surface area contributed by atoms with Gasteiger partial charge in [0.15, 0.2) is 0 Å². The third kappa shape index (κ3) is 3.83. The molecule has 1 nitrogen and oxygen atoms in total. The Balaban J connectivity index is 2.10. The van der Waals surface area contributed by atoms with Crippen molar-refractivity contribution >= 4 is 6.29 Å². The Kier molecular flexibility index (Phi) is 5.15. The summed E-state index contributed by atoms with van der Waals surface area (Å²) < 4.78 is 0. The Morgan fingerprint density at radius 1 is 0.950 bits per heavy atom. The lowest BCUT2D eigenvalue weighted by atomic mass is 10.0. The second-order valence-electron chi connectivity index (χ2n) is 4.72. The summed E-state index contributed by atoms with van der Waals surface area (Å²) in [6.07, 6.45) is 4.17. The van der Waals surface area contributed by atoms with Crippen molar-refractivity contribution in [2.45, 2.75) is 26.2 Å². The zero-order valence-electron chi connectivity index (χ0n) is 11.7. The Morgan fingerprint density at radius 3 is 2.10 bits per heavy atom. The molecule has 0 radical (unpaired) electrons. The maximum Gasteiger partial charge on any atom is 0.150 e. The molecule has 0 aliphatic heterocycles. The van der Waals surface area contributed by atoms with Crippen LogP contribution in [0.25, 0.3) is 11.1 Å². The lowest BCUT2D eigenvalue weighted by molar-refractivity contribution is 0.112. The van der Waals surface area contributed by atoms with Crippen LogP contribution in [0.3, 0.4) is 0 Å². The summed E-state index contributed by atoms with van der Waals surface area (Å²) in [5.41, 5.74) is 4.00. The molecular formula is C19H18O. The Bertz CT molecular complexity index is 610. The molecule has 0 aromatic heterocycles. The van der Waals surface area contributed by atoms with Gasteiger partial charge in [-0.05, 0) is 29.7 Å². The molecule has 2 rings (SSSR count). The van der Waals surface area contributed by atoms with Crippen molar-refractivity contribution in [2.24, 2.45) is 0 Å². The maximum atomic E-state index is 10.6. The van der Waals surface area contributed by atoms with E-state index in [1.54, 1.807) is 0 Å². The fraction of sp³-hybridized carbons (Fsp3) is 0.211. The van der Waals surface area contributed by atoms with E-state index in [0.717, 1.165) is 35.8 Å². The molecule has 0 saturated heterocycles. The van der Waals surface area contributed by atoms with E-state index in [1.165, 1.54) is 6.42 Å². The van der Waals surface area contributed by atoms with E-state index >= 15 is 0 Å². The maximum absolute atomic E-state index is 10.6. The van der Waals surface area contributed by atoms with Crippen LogP contribution in [0.15, 0.2) is 48.5 Å². The van der Waals surface area contributed by atoms with Crippen LogP contribution in [0.4, 0.5) is 0 Å². The molecule has 2 aromatic rings. The van der Waals surface area contributed by atoms with Gasteiger partial charge in [-0.2, -0.15) is 0 Å². The minimum Gasteiger partial charge on any atom is -0.298 e. The van der Waals surface area contributed by atoms with Gasteiger partial charge in [0, 0.05) is 17.5 Å². The van der Waals surface area contributed by atoms with E-state index in [4.69, 9.17) is 0 Å². The van der Waals surface area contributed by atoms with Gasteiger partial charge in [-0.15, -0.1) is 0 Å². The van der Waals surface area contributed by atoms with Crippen molar-refractivity contribution in [3.8, 4) is 23.0 Å². The van der Waals surface area contributed by atoms with Gasteiger partial charge in [-0.25, -0.2) is 0 Å². The first-order valence-corrected chi connectivity index (χ1v) is 6.98. The van der Waals surface area contributed by atoms with Crippen molar-refractivity contribution in [1.29, 1.82) is 0 Å². The highest BCUT2D eigenvalue weighted by molar-refractivity contribution is 5.77. The van der Waals surface area contributed by atoms with Crippen LogP contribution < -0.4 is 0 Å². The third-order valence-electron chi connectivity index (χ3n) is 3.15. The Labute approximate surface area is 120 Å². The minimum absolute atomic E-state index is 0.701. The second-order valence-corrected chi connectivity index (χ2v) is 4.72. The first kappa shape index (κ1) is 14.1. The summed E-state index contributed by atoms with van der Waals surface area (Å²) in [4.78, 5) is 10.6. The molecule has 2 aromatic carbocycles. The Hall–Kier alpha value is -2.33. The number of rotatable bonds is 4. The number of benzene rings is 2. The second kappa shape index (κ2) is 7.31. The quantitative estimate of drug-likeness (QED) is 0.443. The van der Waals surface area contributed by atoms with Crippen LogP contribution in [0.2, 0.25) is 0 Å². The Morgan fingerprint density at radius 2 is 1.55 bits per heavy atom. The lowest BCUT2D eigenvalue weighted by Crippen LogP contribution is -1.82. The van der Waals surface area contributed by atoms with Gasteiger partial charge in [0.25, 0.3) is 0 Å². The highest BCUT2D eigenvalue weighted by Gasteiger charge is 1.97. The van der Waals surface area contributed by atoms with Crippen molar-refractivity contribution in [1.82, 2.24) is 0 Å². The van der Waals surface area contributed by atoms with Crippen LogP contribution in [0, 0.1) is 11.8 Å². The van der Waals surface area contributed by atoms with Crippen LogP contribution in [0.5, 0.6) is 0 Å². The number of hydrogen-bond acceptors (Lipinski definition) is 1.